The molecule has 0 amide bonds. The molecule has 34 heavy (non-hydrogen) atoms. The van der Waals surface area contributed by atoms with Crippen LogP contribution in [0.25, 0.3) is 0 Å². The summed E-state index contributed by atoms with van der Waals surface area (Å²) in [7, 11) is 3.06. The molecule has 2 aromatic rings. The van der Waals surface area contributed by atoms with Gasteiger partial charge in [-0.05, 0) is 54.0 Å². The number of hydrogen-bond acceptors (Lipinski definition) is 6. The van der Waals surface area contributed by atoms with Gasteiger partial charge in [0, 0.05) is 12.5 Å². The van der Waals surface area contributed by atoms with Crippen LogP contribution in [0.1, 0.15) is 40.9 Å². The Labute approximate surface area is 208 Å². The fraction of sp³-hybridized carbons (Fsp3) is 0.400. The van der Waals surface area contributed by atoms with Crippen LogP contribution < -0.4 is 15.0 Å². The van der Waals surface area contributed by atoms with Crippen LogP contribution >= 0.6 is 23.2 Å². The molecular formula is C25H26Cl2N2O5. The van der Waals surface area contributed by atoms with E-state index in [0.717, 1.165) is 10.1 Å². The van der Waals surface area contributed by atoms with Gasteiger partial charge in [-0.2, -0.15) is 5.26 Å². The van der Waals surface area contributed by atoms with Crippen LogP contribution in [0, 0.1) is 35.5 Å². The number of hydrogen-bond donors (Lipinski definition) is 1. The molecule has 1 aromatic carbocycles. The first kappa shape index (κ1) is 25.7. The molecule has 0 aliphatic heterocycles. The normalized spacial score (nSPS) is 18.1. The first-order valence-corrected chi connectivity index (χ1v) is 11.4. The average molecular weight is 505 g/mol. The number of methoxy groups -OCH3 is 2. The molecule has 1 heterocycles. The van der Waals surface area contributed by atoms with E-state index < -0.39 is 22.8 Å². The number of pyridine rings is 1. The van der Waals surface area contributed by atoms with Crippen molar-refractivity contribution in [3.05, 3.63) is 61.4 Å². The highest BCUT2D eigenvalue weighted by Crippen LogP contribution is 2.61. The summed E-state index contributed by atoms with van der Waals surface area (Å²) in [6.45, 7) is 5.36. The largest absolute Gasteiger partial charge is 0.494 e. The fourth-order valence-corrected chi connectivity index (χ4v) is 4.78. The Morgan fingerprint density at radius 2 is 1.91 bits per heavy atom. The summed E-state index contributed by atoms with van der Waals surface area (Å²) in [6.07, 6.45) is 1.95. The van der Waals surface area contributed by atoms with Gasteiger partial charge in [0.1, 0.15) is 16.1 Å². The van der Waals surface area contributed by atoms with Crippen LogP contribution in [0.2, 0.25) is 0 Å². The Balaban J connectivity index is 2.02. The molecular weight excluding hydrogens is 479 g/mol. The van der Waals surface area contributed by atoms with Crippen LogP contribution in [0.3, 0.4) is 0 Å². The lowest BCUT2D eigenvalue weighted by atomic mass is 9.96. The van der Waals surface area contributed by atoms with E-state index in [1.807, 2.05) is 26.0 Å². The lowest BCUT2D eigenvalue weighted by molar-refractivity contribution is 0.0946. The highest BCUT2D eigenvalue weighted by Gasteiger charge is 2.61. The Morgan fingerprint density at radius 3 is 2.47 bits per heavy atom. The summed E-state index contributed by atoms with van der Waals surface area (Å²) in [5, 5.41) is 20.7. The number of nitriles is 1. The number of ketones is 1. The van der Waals surface area contributed by atoms with E-state index in [2.05, 4.69) is 0 Å². The third-order valence-electron chi connectivity index (χ3n) is 6.62. The number of aromatic nitrogens is 1. The standard InChI is InChI=1S/C25H26Cl2N2O5/c1-13-15(12-28)23(31)29(9-8-14-6-7-17(33-4)18(10-14)34-5)24(32)20(13)22(30)21-16(11-19(26)27)25(21,2)3/h6-7,10-11,16,21,32H,8-9H2,1-5H3. The number of aryl methyl sites for hydroxylation is 1. The molecule has 0 spiro atoms. The number of nitrogens with zero attached hydrogens (tertiary/aromatic N) is 2. The molecule has 0 radical (unpaired) electrons. The number of ether oxygens (including phenoxy) is 2. The van der Waals surface area contributed by atoms with Crippen molar-refractivity contribution in [2.45, 2.75) is 33.7 Å². The molecule has 0 saturated heterocycles. The minimum Gasteiger partial charge on any atom is -0.494 e. The number of rotatable bonds is 8. The van der Waals surface area contributed by atoms with Crippen molar-refractivity contribution >= 4 is 29.0 Å². The number of benzene rings is 1. The second-order valence-corrected chi connectivity index (χ2v) is 9.86. The maximum atomic E-state index is 13.5. The summed E-state index contributed by atoms with van der Waals surface area (Å²) in [5.74, 6) is -0.424. The van der Waals surface area contributed by atoms with E-state index in [1.165, 1.54) is 21.1 Å². The van der Waals surface area contributed by atoms with Crippen molar-refractivity contribution in [2.24, 2.45) is 17.3 Å². The SMILES string of the molecule is COc1ccc(CCn2c(O)c(C(=O)C3C(C=C(Cl)Cl)C3(C)C)c(C)c(C#N)c2=O)cc1OC. The van der Waals surface area contributed by atoms with E-state index in [9.17, 15) is 20.0 Å². The lowest BCUT2D eigenvalue weighted by Gasteiger charge is -2.16. The van der Waals surface area contributed by atoms with Crippen LogP contribution in [0.15, 0.2) is 33.6 Å². The third-order valence-corrected chi connectivity index (χ3v) is 6.87. The molecule has 1 aliphatic rings. The first-order valence-electron chi connectivity index (χ1n) is 10.6. The van der Waals surface area contributed by atoms with Gasteiger partial charge in [-0.25, -0.2) is 0 Å². The smallest absolute Gasteiger partial charge is 0.271 e. The van der Waals surface area contributed by atoms with Gasteiger partial charge in [0.15, 0.2) is 17.3 Å². The Morgan fingerprint density at radius 1 is 1.26 bits per heavy atom. The van der Waals surface area contributed by atoms with Gasteiger partial charge in [-0.1, -0.05) is 43.1 Å². The van der Waals surface area contributed by atoms with Crippen molar-refractivity contribution in [3.8, 4) is 23.4 Å². The average Bonchev–Trinajstić information content (AvgIpc) is 3.32. The summed E-state index contributed by atoms with van der Waals surface area (Å²) in [6, 6.07) is 7.22. The van der Waals surface area contributed by atoms with Crippen molar-refractivity contribution in [3.63, 3.8) is 0 Å². The molecule has 9 heteroatoms. The van der Waals surface area contributed by atoms with Crippen molar-refractivity contribution in [2.75, 3.05) is 14.2 Å². The van der Waals surface area contributed by atoms with Gasteiger partial charge < -0.3 is 14.6 Å². The molecule has 1 saturated carbocycles. The van der Waals surface area contributed by atoms with E-state index in [0.29, 0.717) is 17.9 Å². The summed E-state index contributed by atoms with van der Waals surface area (Å²) in [4.78, 5) is 26.4. The van der Waals surface area contributed by atoms with Crippen LogP contribution in [-0.4, -0.2) is 29.7 Å². The highest BCUT2D eigenvalue weighted by atomic mass is 35.5. The van der Waals surface area contributed by atoms with Crippen LogP contribution in [-0.2, 0) is 13.0 Å². The highest BCUT2D eigenvalue weighted by molar-refractivity contribution is 6.55. The second kappa shape index (κ2) is 9.73. The van der Waals surface area contributed by atoms with Gasteiger partial charge in [0.25, 0.3) is 5.56 Å². The van der Waals surface area contributed by atoms with Gasteiger partial charge in [-0.3, -0.25) is 14.2 Å². The van der Waals surface area contributed by atoms with E-state index in [-0.39, 0.29) is 39.4 Å². The van der Waals surface area contributed by atoms with E-state index in [4.69, 9.17) is 32.7 Å². The molecule has 7 nitrogen and oxygen atoms in total. The Hall–Kier alpha value is -2.95. The molecule has 180 valence electrons. The number of carbonyl (C=O) groups excluding carboxylic acids is 1. The second-order valence-electron chi connectivity index (χ2n) is 8.85. The molecule has 1 aliphatic carbocycles. The molecule has 0 bridgehead atoms. The molecule has 1 aromatic heterocycles. The zero-order chi connectivity index (χ0) is 25.4. The first-order chi connectivity index (χ1) is 16.0. The van der Waals surface area contributed by atoms with Crippen LogP contribution in [0.5, 0.6) is 17.4 Å². The predicted octanol–water partition coefficient (Wildman–Crippen LogP) is 4.77. The lowest BCUT2D eigenvalue weighted by Crippen LogP contribution is -2.28. The fourth-order valence-electron chi connectivity index (χ4n) is 4.51. The van der Waals surface area contributed by atoms with Gasteiger partial charge in [0.05, 0.1) is 19.8 Å². The zero-order valence-electron chi connectivity index (χ0n) is 19.6. The number of carbonyl (C=O) groups is 1. The van der Waals surface area contributed by atoms with Crippen LogP contribution in [0.4, 0.5) is 0 Å². The maximum absolute atomic E-state index is 13.5. The minimum absolute atomic E-state index is 0.0249. The number of halogens is 2. The molecule has 2 unspecified atom stereocenters. The number of Topliss-reactive ketones (excluding diaryl/α,β-unsaturated/α-hetero) is 1. The minimum atomic E-state index is -0.648. The van der Waals surface area contributed by atoms with E-state index >= 15 is 0 Å². The monoisotopic (exact) mass is 504 g/mol. The molecule has 2 atom stereocenters. The van der Waals surface area contributed by atoms with E-state index in [1.54, 1.807) is 18.2 Å². The quantitative estimate of drug-likeness (QED) is 0.519. The topological polar surface area (TPSA) is 102 Å². The van der Waals surface area contributed by atoms with Crippen molar-refractivity contribution in [1.29, 1.82) is 5.26 Å². The summed E-state index contributed by atoms with van der Waals surface area (Å²) in [5.41, 5.74) is -0.290. The summed E-state index contributed by atoms with van der Waals surface area (Å²) < 4.78 is 11.7. The molecule has 3 rings (SSSR count). The molecule has 1 fully saturated rings. The Bertz CT molecular complexity index is 1270. The third kappa shape index (κ3) is 4.53. The number of aromatic hydroxyl groups is 1. The van der Waals surface area contributed by atoms with Crippen molar-refractivity contribution in [1.82, 2.24) is 4.57 Å². The summed E-state index contributed by atoms with van der Waals surface area (Å²) >= 11 is 11.6. The molecule has 1 N–H and O–H groups in total. The van der Waals surface area contributed by atoms with Gasteiger partial charge >= 0.3 is 0 Å². The Kier molecular flexibility index (Phi) is 7.35. The van der Waals surface area contributed by atoms with Crippen molar-refractivity contribution < 1.29 is 19.4 Å². The zero-order valence-corrected chi connectivity index (χ0v) is 21.1. The van der Waals surface area contributed by atoms with Gasteiger partial charge in [-0.15, -0.1) is 0 Å². The predicted molar refractivity (Wildman–Crippen MR) is 130 cm³/mol. The van der Waals surface area contributed by atoms with Gasteiger partial charge in [0.2, 0.25) is 5.88 Å². The number of allylic oxidation sites excluding steroid dienone is 1. The maximum Gasteiger partial charge on any atom is 0.271 e.